The van der Waals surface area contributed by atoms with Crippen molar-refractivity contribution in [2.75, 3.05) is 13.7 Å². The highest BCUT2D eigenvalue weighted by Gasteiger charge is 2.21. The van der Waals surface area contributed by atoms with Gasteiger partial charge >= 0.3 is 5.97 Å². The van der Waals surface area contributed by atoms with Gasteiger partial charge in [0.05, 0.1) is 17.6 Å². The van der Waals surface area contributed by atoms with Crippen LogP contribution in [-0.2, 0) is 14.8 Å². The molecule has 0 aliphatic carbocycles. The van der Waals surface area contributed by atoms with E-state index in [4.69, 9.17) is 5.73 Å². The number of ether oxygens (including phenoxy) is 1. The number of halogens is 1. The van der Waals surface area contributed by atoms with Gasteiger partial charge in [-0.05, 0) is 38.5 Å². The van der Waals surface area contributed by atoms with E-state index in [0.29, 0.717) is 5.56 Å². The van der Waals surface area contributed by atoms with Crippen LogP contribution in [0.1, 0.15) is 29.8 Å². The van der Waals surface area contributed by atoms with Gasteiger partial charge in [0.15, 0.2) is 0 Å². The molecule has 0 aromatic heterocycles. The second-order valence-electron chi connectivity index (χ2n) is 5.28. The van der Waals surface area contributed by atoms with Crippen LogP contribution in [-0.4, -0.2) is 33.6 Å². The van der Waals surface area contributed by atoms with Gasteiger partial charge in [-0.1, -0.05) is 6.07 Å². The SMILES string of the molecule is COC(=O)c1cc(S(=O)(=O)NCC(C)(C)N)ccc1C.Cl. The lowest BCUT2D eigenvalue weighted by Crippen LogP contribution is -2.45. The van der Waals surface area contributed by atoms with Crippen LogP contribution in [0.5, 0.6) is 0 Å². The number of hydrogen-bond acceptors (Lipinski definition) is 5. The molecule has 0 bridgehead atoms. The summed E-state index contributed by atoms with van der Waals surface area (Å²) in [4.78, 5) is 11.6. The maximum Gasteiger partial charge on any atom is 0.338 e. The second-order valence-corrected chi connectivity index (χ2v) is 7.05. The third kappa shape index (κ3) is 5.62. The predicted octanol–water partition coefficient (Wildman–Crippen LogP) is 1.22. The fraction of sp³-hybridized carbons (Fsp3) is 0.462. The summed E-state index contributed by atoms with van der Waals surface area (Å²) < 4.78 is 31.3. The minimum atomic E-state index is -3.71. The van der Waals surface area contributed by atoms with Gasteiger partial charge in [-0.2, -0.15) is 0 Å². The fourth-order valence-electron chi connectivity index (χ4n) is 1.46. The summed E-state index contributed by atoms with van der Waals surface area (Å²) >= 11 is 0. The van der Waals surface area contributed by atoms with Crippen LogP contribution in [0.3, 0.4) is 0 Å². The fourth-order valence-corrected chi connectivity index (χ4v) is 2.71. The first-order chi connectivity index (χ1) is 9.07. The first-order valence-electron chi connectivity index (χ1n) is 6.04. The molecule has 1 aromatic rings. The van der Waals surface area contributed by atoms with E-state index in [1.807, 2.05) is 0 Å². The molecule has 1 aromatic carbocycles. The molecule has 21 heavy (non-hydrogen) atoms. The van der Waals surface area contributed by atoms with Gasteiger partial charge in [-0.3, -0.25) is 0 Å². The van der Waals surface area contributed by atoms with Crippen LogP contribution >= 0.6 is 12.4 Å². The van der Waals surface area contributed by atoms with Crippen molar-refractivity contribution in [1.29, 1.82) is 0 Å². The normalized spacial score (nSPS) is 11.7. The maximum atomic E-state index is 12.1. The molecular formula is C13H21ClN2O4S. The molecule has 0 saturated heterocycles. The van der Waals surface area contributed by atoms with E-state index in [-0.39, 0.29) is 29.4 Å². The van der Waals surface area contributed by atoms with E-state index in [0.717, 1.165) is 0 Å². The van der Waals surface area contributed by atoms with Crippen LogP contribution in [0.4, 0.5) is 0 Å². The maximum absolute atomic E-state index is 12.1. The van der Waals surface area contributed by atoms with Crippen molar-refractivity contribution >= 4 is 28.4 Å². The van der Waals surface area contributed by atoms with E-state index >= 15 is 0 Å². The van der Waals surface area contributed by atoms with Crippen molar-refractivity contribution in [3.63, 3.8) is 0 Å². The van der Waals surface area contributed by atoms with Crippen LogP contribution in [0, 0.1) is 6.92 Å². The quantitative estimate of drug-likeness (QED) is 0.788. The van der Waals surface area contributed by atoms with E-state index in [1.165, 1.54) is 19.2 Å². The average molecular weight is 337 g/mol. The molecule has 0 atom stereocenters. The largest absolute Gasteiger partial charge is 0.465 e. The Morgan fingerprint density at radius 1 is 1.38 bits per heavy atom. The molecule has 6 nitrogen and oxygen atoms in total. The highest BCUT2D eigenvalue weighted by Crippen LogP contribution is 2.16. The van der Waals surface area contributed by atoms with Crippen LogP contribution in [0.15, 0.2) is 23.1 Å². The highest BCUT2D eigenvalue weighted by molar-refractivity contribution is 7.89. The number of esters is 1. The zero-order valence-electron chi connectivity index (χ0n) is 12.5. The average Bonchev–Trinajstić information content (AvgIpc) is 2.35. The van der Waals surface area contributed by atoms with Crippen molar-refractivity contribution in [3.8, 4) is 0 Å². The number of rotatable bonds is 5. The van der Waals surface area contributed by atoms with Gasteiger partial charge in [0.1, 0.15) is 0 Å². The molecule has 1 rings (SSSR count). The van der Waals surface area contributed by atoms with Crippen molar-refractivity contribution in [1.82, 2.24) is 4.72 Å². The zero-order valence-corrected chi connectivity index (χ0v) is 14.1. The van der Waals surface area contributed by atoms with Gasteiger partial charge in [-0.15, -0.1) is 12.4 Å². The number of benzene rings is 1. The molecule has 0 heterocycles. The highest BCUT2D eigenvalue weighted by atomic mass is 35.5. The number of methoxy groups -OCH3 is 1. The molecule has 120 valence electrons. The number of carbonyl (C=O) groups is 1. The Labute approximate surface area is 131 Å². The first-order valence-corrected chi connectivity index (χ1v) is 7.53. The van der Waals surface area contributed by atoms with Crippen LogP contribution < -0.4 is 10.5 Å². The molecule has 0 unspecified atom stereocenters. The predicted molar refractivity (Wildman–Crippen MR) is 83.2 cm³/mol. The molecule has 0 aliphatic heterocycles. The van der Waals surface area contributed by atoms with Gasteiger partial charge in [0.2, 0.25) is 10.0 Å². The van der Waals surface area contributed by atoms with Crippen molar-refractivity contribution in [2.24, 2.45) is 5.73 Å². The summed E-state index contributed by atoms with van der Waals surface area (Å²) in [5.74, 6) is -0.571. The van der Waals surface area contributed by atoms with Crippen molar-refractivity contribution < 1.29 is 17.9 Å². The van der Waals surface area contributed by atoms with E-state index in [9.17, 15) is 13.2 Å². The van der Waals surface area contributed by atoms with Crippen molar-refractivity contribution in [3.05, 3.63) is 29.3 Å². The lowest BCUT2D eigenvalue weighted by molar-refractivity contribution is 0.0599. The molecule has 8 heteroatoms. The monoisotopic (exact) mass is 336 g/mol. The minimum absolute atomic E-state index is 0. The number of nitrogens with one attached hydrogen (secondary N) is 1. The van der Waals surface area contributed by atoms with Gasteiger partial charge in [-0.25, -0.2) is 17.9 Å². The van der Waals surface area contributed by atoms with Gasteiger partial charge in [0.25, 0.3) is 0 Å². The Morgan fingerprint density at radius 3 is 2.43 bits per heavy atom. The van der Waals surface area contributed by atoms with E-state index in [2.05, 4.69) is 9.46 Å². The summed E-state index contributed by atoms with van der Waals surface area (Å²) in [6, 6.07) is 4.30. The molecule has 0 fully saturated rings. The lowest BCUT2D eigenvalue weighted by Gasteiger charge is -2.19. The summed E-state index contributed by atoms with van der Waals surface area (Å²) in [6.45, 7) is 5.23. The Balaban J connectivity index is 0.00000400. The summed E-state index contributed by atoms with van der Waals surface area (Å²) in [5.41, 5.74) is 5.95. The number of sulfonamides is 1. The van der Waals surface area contributed by atoms with Gasteiger partial charge in [0, 0.05) is 12.1 Å². The summed E-state index contributed by atoms with van der Waals surface area (Å²) in [6.07, 6.45) is 0. The molecule has 0 amide bonds. The number of hydrogen-bond donors (Lipinski definition) is 2. The first kappa shape index (κ1) is 19.9. The van der Waals surface area contributed by atoms with Gasteiger partial charge < -0.3 is 10.5 Å². The minimum Gasteiger partial charge on any atom is -0.465 e. The standard InChI is InChI=1S/C13H20N2O4S.ClH/c1-9-5-6-10(7-11(9)12(16)19-4)20(17,18)15-8-13(2,3)14;/h5-7,15H,8,14H2,1-4H3;1H. The van der Waals surface area contributed by atoms with E-state index in [1.54, 1.807) is 26.8 Å². The number of carbonyl (C=O) groups excluding carboxylic acids is 1. The molecule has 0 radical (unpaired) electrons. The Morgan fingerprint density at radius 2 is 1.95 bits per heavy atom. The van der Waals surface area contributed by atoms with Crippen LogP contribution in [0.2, 0.25) is 0 Å². The smallest absolute Gasteiger partial charge is 0.338 e. The topological polar surface area (TPSA) is 98.5 Å². The Bertz CT molecular complexity index is 609. The third-order valence-electron chi connectivity index (χ3n) is 2.64. The molecule has 3 N–H and O–H groups in total. The number of nitrogens with two attached hydrogens (primary N) is 1. The van der Waals surface area contributed by atoms with E-state index < -0.39 is 21.5 Å². The molecule has 0 spiro atoms. The zero-order chi connectivity index (χ0) is 15.6. The lowest BCUT2D eigenvalue weighted by atomic mass is 10.1. The third-order valence-corrected chi connectivity index (χ3v) is 4.04. The molecule has 0 aliphatic rings. The van der Waals surface area contributed by atoms with Crippen LogP contribution in [0.25, 0.3) is 0 Å². The summed E-state index contributed by atoms with van der Waals surface area (Å²) in [5, 5.41) is 0. The molecular weight excluding hydrogens is 316 g/mol. The second kappa shape index (κ2) is 7.22. The number of aryl methyl sites for hydroxylation is 1. The van der Waals surface area contributed by atoms with Crippen molar-refractivity contribution in [2.45, 2.75) is 31.2 Å². The Kier molecular flexibility index (Phi) is 6.82. The Hall–Kier alpha value is -1.15. The molecule has 0 saturated carbocycles. The summed E-state index contributed by atoms with van der Waals surface area (Å²) in [7, 11) is -2.46.